The summed E-state index contributed by atoms with van der Waals surface area (Å²) in [4.78, 5) is 15.0. The van der Waals surface area contributed by atoms with Crippen LogP contribution in [-0.2, 0) is 22.6 Å². The molecule has 1 fully saturated rings. The van der Waals surface area contributed by atoms with Crippen LogP contribution in [0.3, 0.4) is 0 Å². The van der Waals surface area contributed by atoms with Crippen LogP contribution in [0.25, 0.3) is 0 Å². The van der Waals surface area contributed by atoms with Crippen LogP contribution in [0, 0.1) is 6.92 Å². The van der Waals surface area contributed by atoms with Gasteiger partial charge in [-0.2, -0.15) is 0 Å². The summed E-state index contributed by atoms with van der Waals surface area (Å²) in [6, 6.07) is 14.2. The van der Waals surface area contributed by atoms with Crippen LogP contribution >= 0.6 is 0 Å². The molecular formula is C22H25NO4. The Hall–Kier alpha value is -2.53. The fourth-order valence-electron chi connectivity index (χ4n) is 3.52. The molecule has 2 aromatic carbocycles. The summed E-state index contributed by atoms with van der Waals surface area (Å²) >= 11 is 0. The Morgan fingerprint density at radius 3 is 2.52 bits per heavy atom. The minimum absolute atomic E-state index is 0.0629. The summed E-state index contributed by atoms with van der Waals surface area (Å²) in [7, 11) is 0. The molecule has 4 rings (SSSR count). The first kappa shape index (κ1) is 17.9. The maximum absolute atomic E-state index is 13.2. The Labute approximate surface area is 159 Å². The van der Waals surface area contributed by atoms with E-state index in [4.69, 9.17) is 14.2 Å². The van der Waals surface area contributed by atoms with Crippen LogP contribution in [0.5, 0.6) is 11.5 Å². The molecule has 0 bridgehead atoms. The molecule has 5 heteroatoms. The zero-order chi connectivity index (χ0) is 18.6. The monoisotopic (exact) mass is 367 g/mol. The molecule has 0 N–H and O–H groups in total. The number of carbonyl (C=O) groups excluding carboxylic acids is 1. The highest BCUT2D eigenvalue weighted by Crippen LogP contribution is 2.33. The Kier molecular flexibility index (Phi) is 5.30. The first-order valence-electron chi connectivity index (χ1n) is 9.53. The molecule has 2 aliphatic heterocycles. The minimum atomic E-state index is -0.335. The average Bonchev–Trinajstić information content (AvgIpc) is 3.17. The van der Waals surface area contributed by atoms with E-state index in [0.717, 1.165) is 41.9 Å². The van der Waals surface area contributed by atoms with E-state index in [-0.39, 0.29) is 18.8 Å². The van der Waals surface area contributed by atoms with Crippen LogP contribution in [0.1, 0.15) is 36.0 Å². The summed E-state index contributed by atoms with van der Waals surface area (Å²) in [5, 5.41) is 0. The minimum Gasteiger partial charge on any atom is -0.454 e. The number of benzene rings is 2. The quantitative estimate of drug-likeness (QED) is 0.806. The summed E-state index contributed by atoms with van der Waals surface area (Å²) in [5.74, 6) is 1.56. The maximum Gasteiger partial charge on any atom is 0.252 e. The first-order chi connectivity index (χ1) is 13.2. The smallest absolute Gasteiger partial charge is 0.252 e. The number of amides is 1. The van der Waals surface area contributed by atoms with Gasteiger partial charge in [-0.3, -0.25) is 4.79 Å². The number of hydrogen-bond donors (Lipinski definition) is 0. The van der Waals surface area contributed by atoms with E-state index < -0.39 is 0 Å². The van der Waals surface area contributed by atoms with Crippen molar-refractivity contribution < 1.29 is 19.0 Å². The standard InChI is InChI=1S/C22H25NO4/c1-16-5-7-17(8-6-16)13-23(22(24)20-4-2-3-11-25-20)14-18-9-10-19-21(12-18)27-15-26-19/h5-10,12,20H,2-4,11,13-15H2,1H3/t20-/m1/s1. The van der Waals surface area contributed by atoms with Gasteiger partial charge < -0.3 is 19.1 Å². The fraction of sp³-hybridized carbons (Fsp3) is 0.409. The lowest BCUT2D eigenvalue weighted by atomic mass is 10.1. The average molecular weight is 367 g/mol. The molecule has 142 valence electrons. The topological polar surface area (TPSA) is 48.0 Å². The third kappa shape index (κ3) is 4.25. The van der Waals surface area contributed by atoms with Crippen LogP contribution in [0.4, 0.5) is 0 Å². The third-order valence-electron chi connectivity index (χ3n) is 5.07. The maximum atomic E-state index is 13.2. The molecule has 5 nitrogen and oxygen atoms in total. The van der Waals surface area contributed by atoms with Crippen molar-refractivity contribution in [2.75, 3.05) is 13.4 Å². The molecule has 0 aliphatic carbocycles. The number of nitrogens with zero attached hydrogens (tertiary/aromatic N) is 1. The van der Waals surface area contributed by atoms with Crippen molar-refractivity contribution in [3.63, 3.8) is 0 Å². The number of carbonyl (C=O) groups is 1. The van der Waals surface area contributed by atoms with E-state index >= 15 is 0 Å². The molecule has 1 atom stereocenters. The fourth-order valence-corrected chi connectivity index (χ4v) is 3.52. The summed E-state index contributed by atoms with van der Waals surface area (Å²) < 4.78 is 16.6. The summed E-state index contributed by atoms with van der Waals surface area (Å²) in [6.07, 6.45) is 2.53. The SMILES string of the molecule is Cc1ccc(CN(Cc2ccc3c(c2)OCO3)C(=O)[C@H]2CCCCO2)cc1. The Balaban J connectivity index is 1.54. The van der Waals surface area contributed by atoms with Gasteiger partial charge >= 0.3 is 0 Å². The lowest BCUT2D eigenvalue weighted by Gasteiger charge is -2.30. The van der Waals surface area contributed by atoms with Crippen molar-refractivity contribution in [2.45, 2.75) is 45.4 Å². The predicted octanol–water partition coefficient (Wildman–Crippen LogP) is 3.82. The number of rotatable bonds is 5. The van der Waals surface area contributed by atoms with E-state index in [9.17, 15) is 4.79 Å². The molecule has 2 heterocycles. The van der Waals surface area contributed by atoms with Crippen molar-refractivity contribution in [3.8, 4) is 11.5 Å². The van der Waals surface area contributed by atoms with E-state index in [0.29, 0.717) is 19.7 Å². The van der Waals surface area contributed by atoms with E-state index in [1.54, 1.807) is 0 Å². The predicted molar refractivity (Wildman–Crippen MR) is 102 cm³/mol. The first-order valence-corrected chi connectivity index (χ1v) is 9.53. The largest absolute Gasteiger partial charge is 0.454 e. The second-order valence-corrected chi connectivity index (χ2v) is 7.22. The van der Waals surface area contributed by atoms with E-state index in [1.807, 2.05) is 23.1 Å². The van der Waals surface area contributed by atoms with Crippen LogP contribution < -0.4 is 9.47 Å². The number of fused-ring (bicyclic) bond motifs is 1. The molecule has 1 saturated heterocycles. The lowest BCUT2D eigenvalue weighted by Crippen LogP contribution is -2.41. The summed E-state index contributed by atoms with van der Waals surface area (Å²) in [6.45, 7) is 4.06. The van der Waals surface area contributed by atoms with Gasteiger partial charge in [-0.25, -0.2) is 0 Å². The normalized spacial score (nSPS) is 18.3. The van der Waals surface area contributed by atoms with Gasteiger partial charge in [0.05, 0.1) is 0 Å². The molecule has 0 radical (unpaired) electrons. The van der Waals surface area contributed by atoms with Gasteiger partial charge in [0, 0.05) is 19.7 Å². The molecule has 0 saturated carbocycles. The number of ether oxygens (including phenoxy) is 3. The zero-order valence-corrected chi connectivity index (χ0v) is 15.6. The van der Waals surface area contributed by atoms with Gasteiger partial charge in [-0.05, 0) is 49.4 Å². The molecule has 2 aliphatic rings. The Morgan fingerprint density at radius 1 is 1.00 bits per heavy atom. The Morgan fingerprint density at radius 2 is 1.74 bits per heavy atom. The van der Waals surface area contributed by atoms with Crippen LogP contribution in [0.2, 0.25) is 0 Å². The van der Waals surface area contributed by atoms with Crippen molar-refractivity contribution in [3.05, 3.63) is 59.2 Å². The molecule has 0 aromatic heterocycles. The molecular weight excluding hydrogens is 342 g/mol. The highest BCUT2D eigenvalue weighted by Gasteiger charge is 2.27. The molecule has 27 heavy (non-hydrogen) atoms. The highest BCUT2D eigenvalue weighted by molar-refractivity contribution is 5.81. The highest BCUT2D eigenvalue weighted by atomic mass is 16.7. The second-order valence-electron chi connectivity index (χ2n) is 7.22. The van der Waals surface area contributed by atoms with Gasteiger partial charge in [-0.15, -0.1) is 0 Å². The van der Waals surface area contributed by atoms with E-state index in [2.05, 4.69) is 31.2 Å². The van der Waals surface area contributed by atoms with Gasteiger partial charge in [0.15, 0.2) is 11.5 Å². The lowest BCUT2D eigenvalue weighted by molar-refractivity contribution is -0.147. The van der Waals surface area contributed by atoms with Crippen LogP contribution in [0.15, 0.2) is 42.5 Å². The van der Waals surface area contributed by atoms with Gasteiger partial charge in [0.1, 0.15) is 6.10 Å². The molecule has 0 unspecified atom stereocenters. The van der Waals surface area contributed by atoms with Gasteiger partial charge in [0.2, 0.25) is 6.79 Å². The zero-order valence-electron chi connectivity index (χ0n) is 15.6. The molecule has 0 spiro atoms. The van der Waals surface area contributed by atoms with Crippen molar-refractivity contribution in [1.29, 1.82) is 0 Å². The summed E-state index contributed by atoms with van der Waals surface area (Å²) in [5.41, 5.74) is 3.35. The molecule has 2 aromatic rings. The second kappa shape index (κ2) is 8.01. The number of aryl methyl sites for hydroxylation is 1. The van der Waals surface area contributed by atoms with Crippen molar-refractivity contribution in [2.24, 2.45) is 0 Å². The van der Waals surface area contributed by atoms with Gasteiger partial charge in [-0.1, -0.05) is 35.9 Å². The van der Waals surface area contributed by atoms with Crippen LogP contribution in [-0.4, -0.2) is 30.3 Å². The van der Waals surface area contributed by atoms with Crippen molar-refractivity contribution in [1.82, 2.24) is 4.90 Å². The van der Waals surface area contributed by atoms with Gasteiger partial charge in [0.25, 0.3) is 5.91 Å². The van der Waals surface area contributed by atoms with E-state index in [1.165, 1.54) is 5.56 Å². The number of hydrogen-bond acceptors (Lipinski definition) is 4. The van der Waals surface area contributed by atoms with Crippen molar-refractivity contribution >= 4 is 5.91 Å². The Bertz CT molecular complexity index is 796. The third-order valence-corrected chi connectivity index (χ3v) is 5.07. The molecule has 1 amide bonds.